The molecule has 0 spiro atoms. The molecule has 0 aliphatic rings. The standard InChI is InChI=1S/C31H33FN4O4/c1-20-10-25(32)6-7-28(20)29-14-22(17-36-9-8-33-21(36)2)11-24(19-37)31(29)34-30(38)18-35(3)16-23-12-26(39-4)15-27(13-23)40-5/h6-15,19H,16-18H2,1-5H3,(H,34,38). The molecule has 0 fully saturated rings. The summed E-state index contributed by atoms with van der Waals surface area (Å²) in [4.78, 5) is 31.6. The molecule has 4 aromatic rings. The number of aryl methyl sites for hydroxylation is 2. The van der Waals surface area contributed by atoms with Crippen molar-refractivity contribution in [2.45, 2.75) is 26.9 Å². The summed E-state index contributed by atoms with van der Waals surface area (Å²) < 4.78 is 26.6. The Bertz CT molecular complexity index is 1510. The van der Waals surface area contributed by atoms with Crippen molar-refractivity contribution in [3.63, 3.8) is 0 Å². The quantitative estimate of drug-likeness (QED) is 0.260. The molecule has 208 valence electrons. The maximum Gasteiger partial charge on any atom is 0.238 e. The fourth-order valence-corrected chi connectivity index (χ4v) is 4.71. The number of carbonyl (C=O) groups is 2. The topological polar surface area (TPSA) is 85.7 Å². The summed E-state index contributed by atoms with van der Waals surface area (Å²) in [5, 5.41) is 2.96. The number of carbonyl (C=O) groups excluding carboxylic acids is 2. The lowest BCUT2D eigenvalue weighted by molar-refractivity contribution is -0.117. The minimum absolute atomic E-state index is 0.0651. The lowest BCUT2D eigenvalue weighted by Crippen LogP contribution is -2.30. The van der Waals surface area contributed by atoms with Gasteiger partial charge in [-0.05, 0) is 79.5 Å². The minimum atomic E-state index is -0.358. The molecule has 1 heterocycles. The number of halogens is 1. The zero-order valence-electron chi connectivity index (χ0n) is 23.3. The number of hydrogen-bond donors (Lipinski definition) is 1. The molecule has 9 heteroatoms. The van der Waals surface area contributed by atoms with Crippen LogP contribution in [0.25, 0.3) is 11.1 Å². The fraction of sp³-hybridized carbons (Fsp3) is 0.258. The lowest BCUT2D eigenvalue weighted by atomic mass is 9.94. The Labute approximate surface area is 233 Å². The van der Waals surface area contributed by atoms with E-state index in [9.17, 15) is 14.0 Å². The molecule has 0 aliphatic heterocycles. The van der Waals surface area contributed by atoms with Crippen molar-refractivity contribution in [1.29, 1.82) is 0 Å². The van der Waals surface area contributed by atoms with E-state index >= 15 is 0 Å². The normalized spacial score (nSPS) is 11.0. The number of benzene rings is 3. The van der Waals surface area contributed by atoms with Crippen LogP contribution < -0.4 is 14.8 Å². The summed E-state index contributed by atoms with van der Waals surface area (Å²) in [5.74, 6) is 1.51. The molecule has 1 amide bonds. The molecule has 3 aromatic carbocycles. The molecule has 0 saturated carbocycles. The molecule has 0 atom stereocenters. The van der Waals surface area contributed by atoms with E-state index < -0.39 is 0 Å². The van der Waals surface area contributed by atoms with Crippen molar-refractivity contribution in [2.75, 3.05) is 33.1 Å². The highest BCUT2D eigenvalue weighted by molar-refractivity contribution is 6.03. The number of nitrogens with one attached hydrogen (secondary N) is 1. The second kappa shape index (κ2) is 12.6. The van der Waals surface area contributed by atoms with Crippen molar-refractivity contribution in [3.05, 3.63) is 94.8 Å². The van der Waals surface area contributed by atoms with E-state index in [2.05, 4.69) is 10.3 Å². The molecule has 0 aliphatic carbocycles. The first-order chi connectivity index (χ1) is 19.2. The van der Waals surface area contributed by atoms with Gasteiger partial charge >= 0.3 is 0 Å². The van der Waals surface area contributed by atoms with Gasteiger partial charge in [0.15, 0.2) is 6.29 Å². The Balaban J connectivity index is 1.63. The Morgan fingerprint density at radius 2 is 1.75 bits per heavy atom. The summed E-state index contributed by atoms with van der Waals surface area (Å²) >= 11 is 0. The van der Waals surface area contributed by atoms with Gasteiger partial charge in [0, 0.05) is 42.7 Å². The summed E-state index contributed by atoms with van der Waals surface area (Å²) in [6, 6.07) is 13.7. The first-order valence-electron chi connectivity index (χ1n) is 12.8. The van der Waals surface area contributed by atoms with Gasteiger partial charge in [0.2, 0.25) is 5.91 Å². The van der Waals surface area contributed by atoms with Crippen molar-refractivity contribution in [2.24, 2.45) is 0 Å². The third-order valence-electron chi connectivity index (χ3n) is 6.65. The van der Waals surface area contributed by atoms with Crippen LogP contribution in [0, 0.1) is 19.7 Å². The van der Waals surface area contributed by atoms with Crippen molar-refractivity contribution in [1.82, 2.24) is 14.5 Å². The van der Waals surface area contributed by atoms with E-state index in [0.717, 1.165) is 28.8 Å². The van der Waals surface area contributed by atoms with E-state index in [1.54, 1.807) is 45.5 Å². The number of anilines is 1. The van der Waals surface area contributed by atoms with E-state index in [-0.39, 0.29) is 18.3 Å². The van der Waals surface area contributed by atoms with Gasteiger partial charge in [-0.1, -0.05) is 6.07 Å². The number of imidazole rings is 1. The van der Waals surface area contributed by atoms with Crippen molar-refractivity contribution >= 4 is 17.9 Å². The Morgan fingerprint density at radius 3 is 2.35 bits per heavy atom. The van der Waals surface area contributed by atoms with Crippen LogP contribution in [-0.4, -0.2) is 54.5 Å². The highest BCUT2D eigenvalue weighted by Gasteiger charge is 2.18. The molecule has 40 heavy (non-hydrogen) atoms. The van der Waals surface area contributed by atoms with Crippen molar-refractivity contribution in [3.8, 4) is 22.6 Å². The van der Waals surface area contributed by atoms with Crippen molar-refractivity contribution < 1.29 is 23.5 Å². The SMILES string of the molecule is COc1cc(CN(C)CC(=O)Nc2c(C=O)cc(Cn3ccnc3C)cc2-c2ccc(F)cc2C)cc(OC)c1. The summed E-state index contributed by atoms with van der Waals surface area (Å²) in [6.07, 6.45) is 4.31. The Hall–Kier alpha value is -4.50. The maximum atomic E-state index is 14.0. The number of hydrogen-bond acceptors (Lipinski definition) is 6. The highest BCUT2D eigenvalue weighted by atomic mass is 19.1. The molecule has 0 saturated heterocycles. The molecule has 8 nitrogen and oxygen atoms in total. The van der Waals surface area contributed by atoms with Crippen LogP contribution in [-0.2, 0) is 17.9 Å². The van der Waals surface area contributed by atoms with Crippen LogP contribution in [0.3, 0.4) is 0 Å². The van der Waals surface area contributed by atoms with Crippen LogP contribution in [0.4, 0.5) is 10.1 Å². The van der Waals surface area contributed by atoms with E-state index in [1.807, 2.05) is 47.8 Å². The molecule has 4 rings (SSSR count). The van der Waals surface area contributed by atoms with Gasteiger partial charge in [-0.2, -0.15) is 0 Å². The number of aldehydes is 1. The van der Waals surface area contributed by atoms with Gasteiger partial charge in [0.05, 0.1) is 26.5 Å². The Kier molecular flexibility index (Phi) is 8.96. The number of aromatic nitrogens is 2. The zero-order chi connectivity index (χ0) is 28.8. The first-order valence-corrected chi connectivity index (χ1v) is 12.8. The predicted molar refractivity (Wildman–Crippen MR) is 153 cm³/mol. The van der Waals surface area contributed by atoms with E-state index in [1.165, 1.54) is 12.1 Å². The number of amides is 1. The molecule has 1 aromatic heterocycles. The number of rotatable bonds is 11. The minimum Gasteiger partial charge on any atom is -0.497 e. The predicted octanol–water partition coefficient (Wildman–Crippen LogP) is 5.25. The van der Waals surface area contributed by atoms with Gasteiger partial charge < -0.3 is 19.4 Å². The number of nitrogens with zero attached hydrogens (tertiary/aromatic N) is 3. The average Bonchev–Trinajstić information content (AvgIpc) is 3.32. The van der Waals surface area contributed by atoms with E-state index in [0.29, 0.717) is 47.0 Å². The smallest absolute Gasteiger partial charge is 0.238 e. The molecule has 0 radical (unpaired) electrons. The zero-order valence-corrected chi connectivity index (χ0v) is 23.3. The van der Waals surface area contributed by atoms with Gasteiger partial charge in [0.1, 0.15) is 23.1 Å². The van der Waals surface area contributed by atoms with Crippen LogP contribution in [0.5, 0.6) is 11.5 Å². The average molecular weight is 545 g/mol. The van der Waals surface area contributed by atoms with Gasteiger partial charge in [0.25, 0.3) is 0 Å². The van der Waals surface area contributed by atoms with Crippen LogP contribution in [0.1, 0.15) is 32.9 Å². The molecule has 0 bridgehead atoms. The monoisotopic (exact) mass is 544 g/mol. The third kappa shape index (κ3) is 6.73. The maximum absolute atomic E-state index is 14.0. The summed E-state index contributed by atoms with van der Waals surface area (Å²) in [7, 11) is 5.00. The largest absolute Gasteiger partial charge is 0.497 e. The Morgan fingerprint density at radius 1 is 1.02 bits per heavy atom. The fourth-order valence-electron chi connectivity index (χ4n) is 4.71. The highest BCUT2D eigenvalue weighted by Crippen LogP contribution is 2.35. The van der Waals surface area contributed by atoms with E-state index in [4.69, 9.17) is 9.47 Å². The molecule has 1 N–H and O–H groups in total. The molecular weight excluding hydrogens is 511 g/mol. The number of ether oxygens (including phenoxy) is 2. The molecule has 0 unspecified atom stereocenters. The van der Waals surface area contributed by atoms with Gasteiger partial charge in [-0.15, -0.1) is 0 Å². The van der Waals surface area contributed by atoms with Crippen LogP contribution >= 0.6 is 0 Å². The molecular formula is C31H33FN4O4. The number of methoxy groups -OCH3 is 2. The first kappa shape index (κ1) is 28.5. The van der Waals surface area contributed by atoms with Crippen LogP contribution in [0.15, 0.2) is 60.9 Å². The summed E-state index contributed by atoms with van der Waals surface area (Å²) in [6.45, 7) is 4.72. The lowest BCUT2D eigenvalue weighted by Gasteiger charge is -2.20. The third-order valence-corrected chi connectivity index (χ3v) is 6.65. The van der Waals surface area contributed by atoms with Crippen LogP contribution in [0.2, 0.25) is 0 Å². The second-order valence-electron chi connectivity index (χ2n) is 9.73. The second-order valence-corrected chi connectivity index (χ2v) is 9.73. The summed E-state index contributed by atoms with van der Waals surface area (Å²) in [5.41, 5.74) is 4.54. The van der Waals surface area contributed by atoms with Gasteiger partial charge in [-0.3, -0.25) is 14.5 Å². The number of likely N-dealkylation sites (N-methyl/N-ethyl adjacent to an activating group) is 1. The van der Waals surface area contributed by atoms with Gasteiger partial charge in [-0.25, -0.2) is 9.37 Å².